The number of unbranched alkanes of at least 4 members (excludes halogenated alkanes) is 3. The fourth-order valence-electron chi connectivity index (χ4n) is 2.31. The zero-order valence-electron chi connectivity index (χ0n) is 12.9. The molecule has 0 aliphatic rings. The van der Waals surface area contributed by atoms with Gasteiger partial charge in [-0.3, -0.25) is 0 Å². The highest BCUT2D eigenvalue weighted by molar-refractivity contribution is 5.80. The lowest BCUT2D eigenvalue weighted by molar-refractivity contribution is 0.213. The molecule has 0 aliphatic heterocycles. The van der Waals surface area contributed by atoms with Crippen LogP contribution in [0, 0.1) is 0 Å². The third-order valence-corrected chi connectivity index (χ3v) is 3.50. The molecule has 0 unspecified atom stereocenters. The summed E-state index contributed by atoms with van der Waals surface area (Å²) < 4.78 is 10.6. The van der Waals surface area contributed by atoms with Crippen molar-refractivity contribution in [3.63, 3.8) is 0 Å². The van der Waals surface area contributed by atoms with Gasteiger partial charge in [-0.05, 0) is 30.9 Å². The first-order valence-corrected chi connectivity index (χ1v) is 7.81. The van der Waals surface area contributed by atoms with Crippen LogP contribution in [0.3, 0.4) is 0 Å². The van der Waals surface area contributed by atoms with E-state index in [0.29, 0.717) is 17.5 Å². The van der Waals surface area contributed by atoms with Gasteiger partial charge in [0.05, 0.1) is 17.5 Å². The van der Waals surface area contributed by atoms with Gasteiger partial charge in [0, 0.05) is 0 Å². The summed E-state index contributed by atoms with van der Waals surface area (Å²) in [6.07, 6.45) is 6.30. The second-order valence-electron chi connectivity index (χ2n) is 5.24. The van der Waals surface area contributed by atoms with E-state index in [2.05, 4.69) is 18.8 Å². The summed E-state index contributed by atoms with van der Waals surface area (Å²) in [5.74, 6) is 0. The Kier molecular flexibility index (Phi) is 5.78. The Morgan fingerprint density at radius 2 is 1.95 bits per heavy atom. The second kappa shape index (κ2) is 7.81. The van der Waals surface area contributed by atoms with Gasteiger partial charge >= 0.3 is 11.7 Å². The van der Waals surface area contributed by atoms with Gasteiger partial charge in [-0.25, -0.2) is 4.79 Å². The van der Waals surface area contributed by atoms with E-state index in [1.807, 2.05) is 18.2 Å². The minimum Gasteiger partial charge on any atom is -0.450 e. The summed E-state index contributed by atoms with van der Waals surface area (Å²) >= 11 is 0. The highest BCUT2D eigenvalue weighted by Crippen LogP contribution is 2.18. The number of hydrogen-bond donors (Lipinski definition) is 0. The van der Waals surface area contributed by atoms with Crippen LogP contribution in [-0.4, -0.2) is 11.6 Å². The normalized spacial score (nSPS) is 11.0. The smallest absolute Gasteiger partial charge is 0.397 e. The molecule has 114 valence electrons. The van der Waals surface area contributed by atoms with Gasteiger partial charge in [0.25, 0.3) is 0 Å². The van der Waals surface area contributed by atoms with Gasteiger partial charge in [-0.2, -0.15) is 4.98 Å². The quantitative estimate of drug-likeness (QED) is 0.686. The van der Waals surface area contributed by atoms with E-state index in [-0.39, 0.29) is 11.7 Å². The zero-order chi connectivity index (χ0) is 15.1. The largest absolute Gasteiger partial charge is 0.450 e. The number of ether oxygens (including phenoxy) is 1. The molecule has 0 saturated carbocycles. The van der Waals surface area contributed by atoms with Crippen molar-refractivity contribution in [1.82, 2.24) is 4.98 Å². The first-order chi connectivity index (χ1) is 10.3. The highest BCUT2D eigenvalue weighted by Gasteiger charge is 2.11. The van der Waals surface area contributed by atoms with E-state index in [1.165, 1.54) is 0 Å². The molecular formula is C17H23NO3. The van der Waals surface area contributed by atoms with Gasteiger partial charge in [0.15, 0.2) is 0 Å². The molecule has 2 rings (SSSR count). The van der Waals surface area contributed by atoms with Gasteiger partial charge in [-0.1, -0.05) is 45.2 Å². The van der Waals surface area contributed by atoms with Crippen molar-refractivity contribution in [2.75, 3.05) is 6.61 Å². The molecule has 0 radical (unpaired) electrons. The third-order valence-electron chi connectivity index (χ3n) is 3.50. The van der Waals surface area contributed by atoms with E-state index in [1.54, 1.807) is 0 Å². The average molecular weight is 289 g/mol. The van der Waals surface area contributed by atoms with Crippen LogP contribution in [0.1, 0.15) is 51.5 Å². The molecule has 2 aromatic rings. The van der Waals surface area contributed by atoms with Crippen molar-refractivity contribution < 1.29 is 9.15 Å². The molecule has 1 aromatic heterocycles. The van der Waals surface area contributed by atoms with E-state index in [4.69, 9.17) is 9.15 Å². The van der Waals surface area contributed by atoms with Crippen molar-refractivity contribution in [1.29, 1.82) is 0 Å². The predicted octanol–water partition coefficient (Wildman–Crippen LogP) is 4.10. The topological polar surface area (TPSA) is 52.3 Å². The van der Waals surface area contributed by atoms with Crippen LogP contribution in [0.25, 0.3) is 10.9 Å². The van der Waals surface area contributed by atoms with Crippen LogP contribution >= 0.6 is 0 Å². The predicted molar refractivity (Wildman–Crippen MR) is 83.9 cm³/mol. The molecule has 21 heavy (non-hydrogen) atoms. The standard InChI is InChI=1S/C17H23NO3/c1-3-5-7-9-13-10-8-11-14-15(13)16(19)21-17(18-14)20-12-6-4-2/h8,10-11H,3-7,9,12H2,1-2H3. The van der Waals surface area contributed by atoms with Crippen LogP contribution < -0.4 is 10.4 Å². The first-order valence-electron chi connectivity index (χ1n) is 7.81. The molecule has 4 nitrogen and oxygen atoms in total. The number of hydrogen-bond acceptors (Lipinski definition) is 4. The van der Waals surface area contributed by atoms with Crippen LogP contribution in [0.2, 0.25) is 0 Å². The molecule has 0 atom stereocenters. The van der Waals surface area contributed by atoms with Crippen molar-refractivity contribution in [3.05, 3.63) is 34.2 Å². The van der Waals surface area contributed by atoms with Crippen LogP contribution in [0.5, 0.6) is 6.08 Å². The Labute approximate surface area is 125 Å². The van der Waals surface area contributed by atoms with Crippen molar-refractivity contribution in [2.24, 2.45) is 0 Å². The van der Waals surface area contributed by atoms with Crippen LogP contribution in [-0.2, 0) is 6.42 Å². The molecule has 0 fully saturated rings. The minimum absolute atomic E-state index is 0.0756. The van der Waals surface area contributed by atoms with E-state index in [0.717, 1.165) is 44.1 Å². The van der Waals surface area contributed by atoms with Crippen molar-refractivity contribution in [3.8, 4) is 6.08 Å². The summed E-state index contributed by atoms with van der Waals surface area (Å²) in [6, 6.07) is 5.75. The summed E-state index contributed by atoms with van der Waals surface area (Å²) in [5, 5.41) is 0.594. The summed E-state index contributed by atoms with van der Waals surface area (Å²) in [4.78, 5) is 16.5. The summed E-state index contributed by atoms with van der Waals surface area (Å²) in [5.41, 5.74) is 1.33. The maximum atomic E-state index is 12.2. The lowest BCUT2D eigenvalue weighted by Crippen LogP contribution is -2.08. The number of aryl methyl sites for hydroxylation is 1. The fraction of sp³-hybridized carbons (Fsp3) is 0.529. The molecule has 0 spiro atoms. The molecule has 0 bridgehead atoms. The lowest BCUT2D eigenvalue weighted by atomic mass is 10.0. The fourth-order valence-corrected chi connectivity index (χ4v) is 2.31. The summed E-state index contributed by atoms with van der Waals surface area (Å²) in [6.45, 7) is 4.77. The monoisotopic (exact) mass is 289 g/mol. The maximum Gasteiger partial charge on any atom is 0.397 e. The maximum absolute atomic E-state index is 12.2. The number of rotatable bonds is 8. The van der Waals surface area contributed by atoms with Crippen molar-refractivity contribution in [2.45, 2.75) is 52.4 Å². The number of nitrogens with zero attached hydrogens (tertiary/aromatic N) is 1. The Hall–Kier alpha value is -1.84. The van der Waals surface area contributed by atoms with Gasteiger partial charge in [-0.15, -0.1) is 0 Å². The minimum atomic E-state index is -0.349. The Bertz CT molecular complexity index is 633. The average Bonchev–Trinajstić information content (AvgIpc) is 2.47. The lowest BCUT2D eigenvalue weighted by Gasteiger charge is -2.06. The molecule has 1 aromatic carbocycles. The van der Waals surface area contributed by atoms with E-state index < -0.39 is 0 Å². The SMILES string of the molecule is CCCCCc1cccc2nc(OCCCC)oc(=O)c12. The third kappa shape index (κ3) is 4.06. The molecule has 0 amide bonds. The van der Waals surface area contributed by atoms with E-state index in [9.17, 15) is 4.79 Å². The van der Waals surface area contributed by atoms with E-state index >= 15 is 0 Å². The molecule has 1 heterocycles. The summed E-state index contributed by atoms with van der Waals surface area (Å²) in [7, 11) is 0. The number of benzene rings is 1. The highest BCUT2D eigenvalue weighted by atomic mass is 16.6. The number of fused-ring (bicyclic) bond motifs is 1. The number of aromatic nitrogens is 1. The van der Waals surface area contributed by atoms with Crippen LogP contribution in [0.15, 0.2) is 27.4 Å². The Morgan fingerprint density at radius 1 is 1.14 bits per heavy atom. The molecule has 4 heteroatoms. The molecule has 0 N–H and O–H groups in total. The first kappa shape index (κ1) is 15.5. The Balaban J connectivity index is 2.27. The van der Waals surface area contributed by atoms with Gasteiger partial charge in [0.2, 0.25) is 0 Å². The Morgan fingerprint density at radius 3 is 2.71 bits per heavy atom. The van der Waals surface area contributed by atoms with Crippen LogP contribution in [0.4, 0.5) is 0 Å². The van der Waals surface area contributed by atoms with Gasteiger partial charge in [0.1, 0.15) is 0 Å². The zero-order valence-corrected chi connectivity index (χ0v) is 12.9. The molecular weight excluding hydrogens is 266 g/mol. The molecule has 0 aliphatic carbocycles. The second-order valence-corrected chi connectivity index (χ2v) is 5.24. The van der Waals surface area contributed by atoms with Gasteiger partial charge < -0.3 is 9.15 Å². The van der Waals surface area contributed by atoms with Crippen molar-refractivity contribution >= 4 is 10.9 Å². The molecule has 0 saturated heterocycles.